The van der Waals surface area contributed by atoms with Crippen LogP contribution in [0.1, 0.15) is 42.5 Å². The Morgan fingerprint density at radius 2 is 2.35 bits per heavy atom. The number of hydrogen-bond acceptors (Lipinski definition) is 6. The molecule has 6 nitrogen and oxygen atoms in total. The molecule has 7 heteroatoms. The lowest BCUT2D eigenvalue weighted by Crippen LogP contribution is -2.51. The first-order chi connectivity index (χ1) is 11.2. The number of amides is 1. The average Bonchev–Trinajstić information content (AvgIpc) is 3.19. The van der Waals surface area contributed by atoms with Crippen molar-refractivity contribution in [3.63, 3.8) is 0 Å². The minimum atomic E-state index is -0.164. The number of aldehydes is 1. The fourth-order valence-corrected chi connectivity index (χ4v) is 3.84. The molecule has 0 aromatic carbocycles. The first-order valence-electron chi connectivity index (χ1n) is 7.94. The van der Waals surface area contributed by atoms with Crippen LogP contribution in [0.3, 0.4) is 0 Å². The number of hydrogen-bond donors (Lipinski definition) is 3. The van der Waals surface area contributed by atoms with Crippen LogP contribution >= 0.6 is 11.3 Å². The van der Waals surface area contributed by atoms with Crippen LogP contribution in [0.5, 0.6) is 0 Å². The Kier molecular flexibility index (Phi) is 6.88. The van der Waals surface area contributed by atoms with E-state index in [0.29, 0.717) is 19.0 Å². The van der Waals surface area contributed by atoms with Crippen LogP contribution in [0.4, 0.5) is 0 Å². The molecule has 0 aliphatic carbocycles. The zero-order valence-corrected chi connectivity index (χ0v) is 14.2. The van der Waals surface area contributed by atoms with Crippen molar-refractivity contribution >= 4 is 29.7 Å². The smallest absolute Gasteiger partial charge is 0.239 e. The summed E-state index contributed by atoms with van der Waals surface area (Å²) in [6.07, 6.45) is 6.43. The summed E-state index contributed by atoms with van der Waals surface area (Å²) >= 11 is 1.55. The van der Waals surface area contributed by atoms with Gasteiger partial charge in [-0.3, -0.25) is 10.2 Å². The molecule has 0 saturated carbocycles. The van der Waals surface area contributed by atoms with Crippen LogP contribution in [0.2, 0.25) is 0 Å². The van der Waals surface area contributed by atoms with Gasteiger partial charge in [-0.2, -0.15) is 0 Å². The number of carbonyl (C=O) groups is 2. The van der Waals surface area contributed by atoms with Gasteiger partial charge in [-0.05, 0) is 44.2 Å². The fourth-order valence-electron chi connectivity index (χ4n) is 3.06. The molecule has 2 unspecified atom stereocenters. The van der Waals surface area contributed by atoms with Crippen molar-refractivity contribution in [2.75, 3.05) is 7.05 Å². The molecule has 1 aromatic rings. The Balaban J connectivity index is 1.85. The number of unbranched alkanes of at least 4 members (excludes halogenated alkanes) is 1. The third-order valence-corrected chi connectivity index (χ3v) is 5.16. The molecule has 0 spiro atoms. The third kappa shape index (κ3) is 4.70. The van der Waals surface area contributed by atoms with Gasteiger partial charge in [0, 0.05) is 29.1 Å². The highest BCUT2D eigenvalue weighted by Crippen LogP contribution is 2.26. The molecule has 126 valence electrons. The minimum Gasteiger partial charge on any atom is -0.350 e. The largest absolute Gasteiger partial charge is 0.350 e. The average molecular weight is 336 g/mol. The maximum Gasteiger partial charge on any atom is 0.239 e. The van der Waals surface area contributed by atoms with Gasteiger partial charge in [0.1, 0.15) is 12.3 Å². The second kappa shape index (κ2) is 8.90. The predicted molar refractivity (Wildman–Crippen MR) is 91.7 cm³/mol. The van der Waals surface area contributed by atoms with E-state index in [9.17, 15) is 9.59 Å². The summed E-state index contributed by atoms with van der Waals surface area (Å²) in [5.74, 6) is 0.0297. The molecule has 3 N–H and O–H groups in total. The maximum absolute atomic E-state index is 12.5. The molecule has 0 radical (unpaired) electrons. The molecule has 2 heterocycles. The number of hydrazine groups is 1. The summed E-state index contributed by atoms with van der Waals surface area (Å²) in [5.41, 5.74) is 4.01. The molecule has 1 aromatic heterocycles. The van der Waals surface area contributed by atoms with E-state index in [-0.39, 0.29) is 11.9 Å². The van der Waals surface area contributed by atoms with Crippen LogP contribution in [0.25, 0.3) is 0 Å². The number of rotatable bonds is 9. The molecular weight excluding hydrogens is 312 g/mol. The quantitative estimate of drug-likeness (QED) is 0.364. The zero-order valence-electron chi connectivity index (χ0n) is 13.4. The van der Waals surface area contributed by atoms with Crippen LogP contribution < -0.4 is 10.7 Å². The lowest BCUT2D eigenvalue weighted by molar-refractivity contribution is -0.127. The monoisotopic (exact) mass is 336 g/mol. The number of nitrogens with one attached hydrogen (secondary N) is 3. The van der Waals surface area contributed by atoms with Gasteiger partial charge in [0.15, 0.2) is 0 Å². The molecule has 1 aliphatic rings. The van der Waals surface area contributed by atoms with E-state index in [4.69, 9.17) is 5.41 Å². The van der Waals surface area contributed by atoms with E-state index < -0.39 is 0 Å². The van der Waals surface area contributed by atoms with Crippen molar-refractivity contribution in [3.05, 3.63) is 21.9 Å². The topological polar surface area (TPSA) is 85.3 Å². The van der Waals surface area contributed by atoms with Crippen molar-refractivity contribution < 1.29 is 9.59 Å². The van der Waals surface area contributed by atoms with E-state index in [1.807, 2.05) is 23.5 Å². The van der Waals surface area contributed by atoms with E-state index in [2.05, 4.69) is 10.7 Å². The van der Waals surface area contributed by atoms with Crippen molar-refractivity contribution in [1.29, 1.82) is 5.41 Å². The third-order valence-electron chi connectivity index (χ3n) is 4.20. The molecule has 23 heavy (non-hydrogen) atoms. The van der Waals surface area contributed by atoms with Gasteiger partial charge in [-0.15, -0.1) is 11.3 Å². The van der Waals surface area contributed by atoms with Crippen molar-refractivity contribution in [2.24, 2.45) is 0 Å². The summed E-state index contributed by atoms with van der Waals surface area (Å²) in [6.45, 7) is 0.501. The van der Waals surface area contributed by atoms with Gasteiger partial charge >= 0.3 is 0 Å². The highest BCUT2D eigenvalue weighted by Gasteiger charge is 2.36. The number of carbonyl (C=O) groups excluding carboxylic acids is 2. The molecular formula is C16H24N4O2S. The summed E-state index contributed by atoms with van der Waals surface area (Å²) in [4.78, 5) is 23.9. The van der Waals surface area contributed by atoms with Gasteiger partial charge in [0.05, 0.1) is 6.54 Å². The predicted octanol–water partition coefficient (Wildman–Crippen LogP) is 1.70. The Morgan fingerprint density at radius 3 is 3.00 bits per heavy atom. The van der Waals surface area contributed by atoms with E-state index in [1.165, 1.54) is 6.21 Å². The fraction of sp³-hybridized carbons (Fsp3) is 0.562. The molecule has 1 aliphatic heterocycles. The summed E-state index contributed by atoms with van der Waals surface area (Å²) in [6, 6.07) is 2.07. The normalized spacial score (nSPS) is 21.3. The van der Waals surface area contributed by atoms with Crippen LogP contribution in [-0.2, 0) is 16.1 Å². The second-order valence-corrected chi connectivity index (χ2v) is 6.68. The zero-order chi connectivity index (χ0) is 16.7. The molecule has 0 bridgehead atoms. The Hall–Kier alpha value is -1.57. The number of thiophene rings is 1. The van der Waals surface area contributed by atoms with Gasteiger partial charge in [-0.25, -0.2) is 5.01 Å². The molecule has 1 amide bonds. The number of nitrogens with zero attached hydrogens (tertiary/aromatic N) is 1. The van der Waals surface area contributed by atoms with Crippen molar-refractivity contribution in [1.82, 2.24) is 15.8 Å². The second-order valence-electron chi connectivity index (χ2n) is 5.68. The summed E-state index contributed by atoms with van der Waals surface area (Å²) < 4.78 is 0. The summed E-state index contributed by atoms with van der Waals surface area (Å²) in [5, 5.41) is 14.1. The van der Waals surface area contributed by atoms with Crippen LogP contribution in [0, 0.1) is 5.41 Å². The maximum atomic E-state index is 12.5. The van der Waals surface area contributed by atoms with E-state index in [1.54, 1.807) is 11.3 Å². The first-order valence-corrected chi connectivity index (χ1v) is 8.82. The SMILES string of the molecule is CNN1C(CCCC=O)CCC1C(=O)NCc1cc(C=N)cs1. The van der Waals surface area contributed by atoms with Crippen molar-refractivity contribution in [3.8, 4) is 0 Å². The lowest BCUT2D eigenvalue weighted by Gasteiger charge is -2.28. The van der Waals surface area contributed by atoms with Crippen LogP contribution in [-0.4, -0.2) is 42.5 Å². The highest BCUT2D eigenvalue weighted by atomic mass is 32.1. The van der Waals surface area contributed by atoms with Gasteiger partial charge in [0.2, 0.25) is 5.91 Å². The molecule has 1 saturated heterocycles. The first kappa shape index (κ1) is 17.8. The standard InChI is InChI=1S/C16H24N4O2S/c1-18-20-13(4-2-3-7-21)5-6-15(20)16(22)19-10-14-8-12(9-17)11-23-14/h7-9,11,13,15,17-18H,2-6,10H2,1H3,(H,19,22). The summed E-state index contributed by atoms with van der Waals surface area (Å²) in [7, 11) is 1.84. The molecule has 2 rings (SSSR count). The van der Waals surface area contributed by atoms with Gasteiger partial charge in [0.25, 0.3) is 0 Å². The van der Waals surface area contributed by atoms with Crippen molar-refractivity contribution in [2.45, 2.75) is 50.7 Å². The Morgan fingerprint density at radius 1 is 1.52 bits per heavy atom. The molecule has 1 fully saturated rings. The van der Waals surface area contributed by atoms with E-state index >= 15 is 0 Å². The lowest BCUT2D eigenvalue weighted by atomic mass is 10.1. The van der Waals surface area contributed by atoms with Gasteiger partial charge < -0.3 is 15.5 Å². The Bertz CT molecular complexity index is 546. The van der Waals surface area contributed by atoms with Crippen LogP contribution in [0.15, 0.2) is 11.4 Å². The Labute approximate surface area is 140 Å². The molecule has 2 atom stereocenters. The van der Waals surface area contributed by atoms with E-state index in [0.717, 1.165) is 42.4 Å². The highest BCUT2D eigenvalue weighted by molar-refractivity contribution is 7.10. The minimum absolute atomic E-state index is 0.0297. The van der Waals surface area contributed by atoms with Gasteiger partial charge in [-0.1, -0.05) is 0 Å².